The third-order valence-electron chi connectivity index (χ3n) is 5.49. The molecule has 8 heteroatoms. The fourth-order valence-corrected chi connectivity index (χ4v) is 5.58. The second-order valence-corrected chi connectivity index (χ2v) is 9.34. The van der Waals surface area contributed by atoms with E-state index in [2.05, 4.69) is 4.98 Å². The topological polar surface area (TPSA) is 99.6 Å². The van der Waals surface area contributed by atoms with Crippen LogP contribution in [0.4, 0.5) is 5.82 Å². The van der Waals surface area contributed by atoms with Crippen molar-refractivity contribution in [2.24, 2.45) is 0 Å². The van der Waals surface area contributed by atoms with Gasteiger partial charge >= 0.3 is 5.69 Å². The molecule has 2 aromatic carbocycles. The zero-order valence-electron chi connectivity index (χ0n) is 17.8. The second-order valence-electron chi connectivity index (χ2n) is 8.01. The number of aliphatic hydroxyl groups is 1. The molecule has 1 aliphatic heterocycles. The van der Waals surface area contributed by atoms with Crippen molar-refractivity contribution in [2.75, 3.05) is 12.3 Å². The summed E-state index contributed by atoms with van der Waals surface area (Å²) in [6.07, 6.45) is 1.01. The van der Waals surface area contributed by atoms with Crippen molar-refractivity contribution in [3.8, 4) is 0 Å². The molecule has 3 N–H and O–H groups in total. The minimum atomic E-state index is -1.33. The van der Waals surface area contributed by atoms with Crippen LogP contribution in [0.2, 0.25) is 0 Å². The Labute approximate surface area is 191 Å². The maximum atomic E-state index is 12.5. The lowest BCUT2D eigenvalue weighted by molar-refractivity contribution is -0.112. The van der Waals surface area contributed by atoms with E-state index < -0.39 is 22.8 Å². The largest absolute Gasteiger partial charge is 0.384 e. The van der Waals surface area contributed by atoms with E-state index in [1.807, 2.05) is 60.7 Å². The Bertz CT molecular complexity index is 1080. The molecule has 1 aromatic heterocycles. The fourth-order valence-electron chi connectivity index (χ4n) is 3.87. The van der Waals surface area contributed by atoms with Crippen molar-refractivity contribution in [1.82, 2.24) is 9.55 Å². The van der Waals surface area contributed by atoms with E-state index in [4.69, 9.17) is 15.2 Å². The number of hydrogen-bond acceptors (Lipinski definition) is 7. The summed E-state index contributed by atoms with van der Waals surface area (Å²) in [6, 6.07) is 21.3. The molecule has 4 atom stereocenters. The van der Waals surface area contributed by atoms with Gasteiger partial charge in [-0.2, -0.15) is 4.98 Å². The molecular weight excluding hydrogens is 426 g/mol. The average molecular weight is 454 g/mol. The van der Waals surface area contributed by atoms with E-state index >= 15 is 0 Å². The average Bonchev–Trinajstić information content (AvgIpc) is 3.03. The first-order valence-electron chi connectivity index (χ1n) is 10.4. The van der Waals surface area contributed by atoms with Crippen LogP contribution in [0.5, 0.6) is 0 Å². The van der Waals surface area contributed by atoms with Crippen LogP contribution in [-0.4, -0.2) is 38.2 Å². The highest BCUT2D eigenvalue weighted by Gasteiger charge is 2.54. The van der Waals surface area contributed by atoms with Gasteiger partial charge in [0.15, 0.2) is 0 Å². The van der Waals surface area contributed by atoms with Gasteiger partial charge < -0.3 is 20.3 Å². The Hall–Kier alpha value is -2.65. The molecule has 0 bridgehead atoms. The summed E-state index contributed by atoms with van der Waals surface area (Å²) in [5.41, 5.74) is 5.88. The lowest BCUT2D eigenvalue weighted by Gasteiger charge is -2.32. The molecular formula is C24H27N3O4S. The Kier molecular flexibility index (Phi) is 6.95. The molecule has 0 radical (unpaired) electrons. The summed E-state index contributed by atoms with van der Waals surface area (Å²) >= 11 is 1.45. The monoisotopic (exact) mass is 453 g/mol. The Balaban J connectivity index is 1.53. The molecule has 0 aliphatic carbocycles. The molecule has 0 unspecified atom stereocenters. The van der Waals surface area contributed by atoms with Crippen LogP contribution < -0.4 is 11.4 Å². The number of nitrogens with zero attached hydrogens (tertiary/aromatic N) is 2. The van der Waals surface area contributed by atoms with Crippen LogP contribution in [0.15, 0.2) is 77.7 Å². The van der Waals surface area contributed by atoms with Gasteiger partial charge in [-0.3, -0.25) is 4.57 Å². The van der Waals surface area contributed by atoms with Crippen molar-refractivity contribution in [3.63, 3.8) is 0 Å². The quantitative estimate of drug-likeness (QED) is 0.541. The third-order valence-corrected chi connectivity index (χ3v) is 7.18. The molecule has 0 amide bonds. The first-order valence-corrected chi connectivity index (χ1v) is 11.4. The number of thioether (sulfide) groups is 1. The molecule has 1 fully saturated rings. The van der Waals surface area contributed by atoms with Gasteiger partial charge in [0, 0.05) is 6.20 Å². The summed E-state index contributed by atoms with van der Waals surface area (Å²) in [4.78, 5) is 16.3. The van der Waals surface area contributed by atoms with Crippen molar-refractivity contribution in [3.05, 3.63) is 94.5 Å². The maximum absolute atomic E-state index is 12.5. The van der Waals surface area contributed by atoms with Crippen molar-refractivity contribution in [2.45, 2.75) is 42.5 Å². The fraction of sp³-hybridized carbons (Fsp3) is 0.333. The predicted molar refractivity (Wildman–Crippen MR) is 125 cm³/mol. The summed E-state index contributed by atoms with van der Waals surface area (Å²) in [6.45, 7) is 2.86. The highest BCUT2D eigenvalue weighted by Crippen LogP contribution is 2.49. The Morgan fingerprint density at radius 1 is 1.06 bits per heavy atom. The minimum absolute atomic E-state index is 0.147. The molecule has 1 aliphatic rings. The Morgan fingerprint density at radius 3 is 2.31 bits per heavy atom. The van der Waals surface area contributed by atoms with Gasteiger partial charge in [-0.05, 0) is 24.1 Å². The number of aromatic nitrogens is 2. The zero-order valence-corrected chi connectivity index (χ0v) is 18.7. The van der Waals surface area contributed by atoms with Gasteiger partial charge in [-0.25, -0.2) is 4.79 Å². The molecule has 32 heavy (non-hydrogen) atoms. The lowest BCUT2D eigenvalue weighted by atomic mass is 9.96. The highest BCUT2D eigenvalue weighted by atomic mass is 32.2. The van der Waals surface area contributed by atoms with Crippen molar-refractivity contribution in [1.29, 1.82) is 0 Å². The van der Waals surface area contributed by atoms with E-state index in [0.717, 1.165) is 11.1 Å². The van der Waals surface area contributed by atoms with Crippen LogP contribution >= 0.6 is 11.8 Å². The Morgan fingerprint density at radius 2 is 1.69 bits per heavy atom. The molecule has 7 nitrogen and oxygen atoms in total. The van der Waals surface area contributed by atoms with E-state index in [1.165, 1.54) is 16.3 Å². The number of anilines is 1. The van der Waals surface area contributed by atoms with Gasteiger partial charge in [0.25, 0.3) is 0 Å². The van der Waals surface area contributed by atoms with Crippen LogP contribution in [0.3, 0.4) is 0 Å². The van der Waals surface area contributed by atoms with E-state index in [-0.39, 0.29) is 11.1 Å². The first-order chi connectivity index (χ1) is 15.4. The normalized spacial score (nSPS) is 25.1. The van der Waals surface area contributed by atoms with Gasteiger partial charge in [0.05, 0.1) is 25.1 Å². The molecule has 1 saturated heterocycles. The zero-order chi connectivity index (χ0) is 22.6. The molecule has 0 spiro atoms. The molecule has 168 valence electrons. The number of ether oxygens (including phenoxy) is 2. The van der Waals surface area contributed by atoms with Crippen LogP contribution in [-0.2, 0) is 22.7 Å². The number of benzene rings is 2. The lowest BCUT2D eigenvalue weighted by Crippen LogP contribution is -2.47. The summed E-state index contributed by atoms with van der Waals surface area (Å²) in [5.74, 6) is 0.147. The van der Waals surface area contributed by atoms with Gasteiger partial charge in [-0.15, -0.1) is 11.8 Å². The SMILES string of the molecule is C[C@]1(O)[C@H](OCc2ccccc2)[C@@H](COCc2ccccc2)S[C@H]1n1ccc(N)nc1=O. The maximum Gasteiger partial charge on any atom is 0.350 e. The summed E-state index contributed by atoms with van der Waals surface area (Å²) < 4.78 is 13.6. The molecule has 4 rings (SSSR count). The van der Waals surface area contributed by atoms with Crippen LogP contribution in [0.25, 0.3) is 0 Å². The van der Waals surface area contributed by atoms with Gasteiger partial charge in [0.1, 0.15) is 22.9 Å². The number of nitrogen functional groups attached to an aromatic ring is 1. The predicted octanol–water partition coefficient (Wildman–Crippen LogP) is 2.99. The van der Waals surface area contributed by atoms with Gasteiger partial charge in [-0.1, -0.05) is 60.7 Å². The van der Waals surface area contributed by atoms with E-state index in [0.29, 0.717) is 19.8 Å². The second kappa shape index (κ2) is 9.87. The van der Waals surface area contributed by atoms with Crippen LogP contribution in [0.1, 0.15) is 23.4 Å². The smallest absolute Gasteiger partial charge is 0.350 e. The van der Waals surface area contributed by atoms with Crippen molar-refractivity contribution >= 4 is 17.6 Å². The minimum Gasteiger partial charge on any atom is -0.384 e. The number of rotatable bonds is 8. The highest BCUT2D eigenvalue weighted by molar-refractivity contribution is 8.00. The molecule has 3 aromatic rings. The van der Waals surface area contributed by atoms with Crippen molar-refractivity contribution < 1.29 is 14.6 Å². The van der Waals surface area contributed by atoms with Crippen LogP contribution in [0, 0.1) is 0 Å². The standard InChI is InChI=1S/C24H27N3O4S/c1-24(29)21(31-15-18-10-6-3-7-11-18)19(16-30-14-17-8-4-2-5-9-17)32-22(24)27-13-12-20(25)26-23(27)28/h2-13,19,21-22,29H,14-16H2,1H3,(H2,25,26,28)/t19-,21-,22-,24+/m1/s1. The molecule has 0 saturated carbocycles. The molecule has 2 heterocycles. The number of hydrogen-bond donors (Lipinski definition) is 2. The van der Waals surface area contributed by atoms with E-state index in [1.54, 1.807) is 19.2 Å². The van der Waals surface area contributed by atoms with E-state index in [9.17, 15) is 9.90 Å². The summed E-state index contributed by atoms with van der Waals surface area (Å²) in [5, 5.41) is 10.7. The third kappa shape index (κ3) is 5.05. The summed E-state index contributed by atoms with van der Waals surface area (Å²) in [7, 11) is 0. The first kappa shape index (κ1) is 22.5. The van der Waals surface area contributed by atoms with Gasteiger partial charge in [0.2, 0.25) is 0 Å². The number of nitrogens with two attached hydrogens (primary N) is 1.